The molecule has 0 aliphatic carbocycles. The summed E-state index contributed by atoms with van der Waals surface area (Å²) in [6.07, 6.45) is 4.61. The molecule has 8 heteroatoms. The number of hydrogen-bond donors (Lipinski definition) is 2. The van der Waals surface area contributed by atoms with Crippen molar-refractivity contribution >= 4 is 45.6 Å². The third-order valence-electron chi connectivity index (χ3n) is 4.66. The second-order valence-corrected chi connectivity index (χ2v) is 7.07. The Balaban J connectivity index is 1.96. The minimum atomic E-state index is -0.969. The van der Waals surface area contributed by atoms with Crippen LogP contribution in [0.25, 0.3) is 16.5 Å². The number of aliphatic hydroxyl groups is 1. The van der Waals surface area contributed by atoms with Crippen molar-refractivity contribution in [1.29, 1.82) is 0 Å². The van der Waals surface area contributed by atoms with Crippen LogP contribution in [-0.2, 0) is 4.79 Å². The Labute approximate surface area is 159 Å². The van der Waals surface area contributed by atoms with E-state index in [1.54, 1.807) is 29.7 Å². The van der Waals surface area contributed by atoms with Gasteiger partial charge in [-0.15, -0.1) is 0 Å². The highest BCUT2D eigenvalue weighted by atomic mass is 35.5. The lowest BCUT2D eigenvalue weighted by atomic mass is 10.1. The van der Waals surface area contributed by atoms with Crippen LogP contribution >= 0.6 is 23.2 Å². The Morgan fingerprint density at radius 2 is 2.04 bits per heavy atom. The molecule has 1 fully saturated rings. The molecule has 0 bridgehead atoms. The molecule has 0 saturated carbocycles. The van der Waals surface area contributed by atoms with Crippen molar-refractivity contribution < 1.29 is 15.0 Å². The number of nitrogens with zero attached hydrogens (tertiary/aromatic N) is 3. The number of benzene rings is 2. The van der Waals surface area contributed by atoms with E-state index < -0.39 is 18.1 Å². The fraction of sp³-hybridized carbons (Fsp3) is 0.222. The van der Waals surface area contributed by atoms with E-state index in [2.05, 4.69) is 4.98 Å². The number of carboxylic acid groups (broad SMARTS) is 1. The number of β-amino-alcohol motifs (C(OH)–C–C–N with tert-alkyl or cyclic N) is 1. The predicted octanol–water partition coefficient (Wildman–Crippen LogP) is 3.36. The smallest absolute Gasteiger partial charge is 0.326 e. The summed E-state index contributed by atoms with van der Waals surface area (Å²) in [5, 5.41) is 21.9. The van der Waals surface area contributed by atoms with Gasteiger partial charge in [0.05, 0.1) is 28.2 Å². The Morgan fingerprint density at radius 3 is 2.73 bits per heavy atom. The molecule has 3 aromatic rings. The van der Waals surface area contributed by atoms with Crippen LogP contribution in [0.15, 0.2) is 43.0 Å². The predicted molar refractivity (Wildman–Crippen MR) is 100 cm³/mol. The van der Waals surface area contributed by atoms with Gasteiger partial charge in [-0.2, -0.15) is 0 Å². The van der Waals surface area contributed by atoms with Crippen LogP contribution in [0, 0.1) is 0 Å². The molecule has 0 radical (unpaired) electrons. The van der Waals surface area contributed by atoms with Crippen molar-refractivity contribution in [3.63, 3.8) is 0 Å². The molecule has 6 nitrogen and oxygen atoms in total. The molecule has 2 heterocycles. The monoisotopic (exact) mass is 391 g/mol. The third kappa shape index (κ3) is 2.80. The fourth-order valence-electron chi connectivity index (χ4n) is 3.45. The Kier molecular flexibility index (Phi) is 4.26. The normalized spacial score (nSPS) is 20.0. The number of anilines is 1. The van der Waals surface area contributed by atoms with Gasteiger partial charge < -0.3 is 19.7 Å². The maximum absolute atomic E-state index is 11.6. The van der Waals surface area contributed by atoms with E-state index in [-0.39, 0.29) is 13.0 Å². The molecule has 1 aliphatic rings. The molecule has 134 valence electrons. The maximum atomic E-state index is 11.6. The van der Waals surface area contributed by atoms with Gasteiger partial charge in [-0.3, -0.25) is 0 Å². The second-order valence-electron chi connectivity index (χ2n) is 6.29. The van der Waals surface area contributed by atoms with Gasteiger partial charge in [-0.1, -0.05) is 29.3 Å². The van der Waals surface area contributed by atoms with E-state index in [4.69, 9.17) is 23.2 Å². The fourth-order valence-corrected chi connectivity index (χ4v) is 3.84. The lowest BCUT2D eigenvalue weighted by molar-refractivity contribution is -0.138. The highest BCUT2D eigenvalue weighted by Gasteiger charge is 2.36. The summed E-state index contributed by atoms with van der Waals surface area (Å²) in [4.78, 5) is 17.4. The van der Waals surface area contributed by atoms with Crippen LogP contribution in [0.4, 0.5) is 5.69 Å². The zero-order valence-electron chi connectivity index (χ0n) is 13.5. The number of carboxylic acids is 1. The first-order valence-corrected chi connectivity index (χ1v) is 8.79. The summed E-state index contributed by atoms with van der Waals surface area (Å²) < 4.78 is 1.83. The lowest BCUT2D eigenvalue weighted by Crippen LogP contribution is -2.36. The first-order valence-electron chi connectivity index (χ1n) is 8.03. The van der Waals surface area contributed by atoms with E-state index in [0.717, 1.165) is 11.1 Å². The summed E-state index contributed by atoms with van der Waals surface area (Å²) in [5.74, 6) is -0.969. The highest BCUT2D eigenvalue weighted by Crippen LogP contribution is 2.38. The van der Waals surface area contributed by atoms with Gasteiger partial charge in [-0.05, 0) is 18.2 Å². The van der Waals surface area contributed by atoms with Crippen LogP contribution < -0.4 is 4.90 Å². The van der Waals surface area contributed by atoms with Gasteiger partial charge in [0.25, 0.3) is 0 Å². The molecule has 0 amide bonds. The van der Waals surface area contributed by atoms with Crippen LogP contribution in [0.2, 0.25) is 10.0 Å². The van der Waals surface area contributed by atoms with Gasteiger partial charge in [0.2, 0.25) is 0 Å². The topological polar surface area (TPSA) is 78.6 Å². The number of halogens is 2. The van der Waals surface area contributed by atoms with E-state index in [0.29, 0.717) is 21.1 Å². The van der Waals surface area contributed by atoms with Crippen LogP contribution in [0.1, 0.15) is 6.42 Å². The molecule has 1 saturated heterocycles. The Hall–Kier alpha value is -2.28. The Morgan fingerprint density at radius 1 is 1.23 bits per heavy atom. The van der Waals surface area contributed by atoms with E-state index in [9.17, 15) is 15.0 Å². The van der Waals surface area contributed by atoms with Crippen molar-refractivity contribution in [1.82, 2.24) is 9.55 Å². The van der Waals surface area contributed by atoms with E-state index in [1.807, 2.05) is 22.8 Å². The van der Waals surface area contributed by atoms with Gasteiger partial charge in [-0.25, -0.2) is 9.78 Å². The van der Waals surface area contributed by atoms with Crippen molar-refractivity contribution in [2.75, 3.05) is 11.4 Å². The largest absolute Gasteiger partial charge is 0.480 e. The van der Waals surface area contributed by atoms with Gasteiger partial charge in [0, 0.05) is 41.8 Å². The number of carbonyl (C=O) groups is 1. The standard InChI is InChI=1S/C18H15Cl2N3O3/c19-14-2-1-12-13(17(14)20)5-10(6-15(12)22-4-3-21-9-22)23-8-11(24)7-16(23)18(25)26/h1-6,9,11,16,24H,7-8H2,(H,25,26)/t11-,16-/m0/s1. The summed E-state index contributed by atoms with van der Waals surface area (Å²) in [7, 11) is 0. The number of aliphatic carboxylic acids is 1. The molecule has 1 aliphatic heterocycles. The van der Waals surface area contributed by atoms with Crippen LogP contribution in [0.3, 0.4) is 0 Å². The maximum Gasteiger partial charge on any atom is 0.326 e. The number of hydrogen-bond acceptors (Lipinski definition) is 4. The van der Waals surface area contributed by atoms with E-state index >= 15 is 0 Å². The molecule has 2 N–H and O–H groups in total. The SMILES string of the molecule is O=C(O)[C@@H]1C[C@H](O)CN1c1cc(-n2ccnc2)c2ccc(Cl)c(Cl)c2c1. The van der Waals surface area contributed by atoms with Gasteiger partial charge in [0.15, 0.2) is 0 Å². The summed E-state index contributed by atoms with van der Waals surface area (Å²) >= 11 is 12.6. The number of imidazole rings is 1. The molecule has 2 atom stereocenters. The van der Waals surface area contributed by atoms with Gasteiger partial charge in [0.1, 0.15) is 6.04 Å². The minimum absolute atomic E-state index is 0.178. The lowest BCUT2D eigenvalue weighted by Gasteiger charge is -2.25. The van der Waals surface area contributed by atoms with Crippen molar-refractivity contribution in [2.24, 2.45) is 0 Å². The number of aliphatic hydroxyl groups excluding tert-OH is 1. The number of fused-ring (bicyclic) bond motifs is 1. The number of aromatic nitrogens is 2. The van der Waals surface area contributed by atoms with Crippen LogP contribution in [-0.4, -0.2) is 44.4 Å². The Bertz CT molecular complexity index is 991. The molecular weight excluding hydrogens is 377 g/mol. The molecule has 1 aromatic heterocycles. The van der Waals surface area contributed by atoms with Gasteiger partial charge >= 0.3 is 5.97 Å². The van der Waals surface area contributed by atoms with E-state index in [1.165, 1.54) is 0 Å². The molecular formula is C18H15Cl2N3O3. The highest BCUT2D eigenvalue weighted by molar-refractivity contribution is 6.45. The molecule has 2 aromatic carbocycles. The average Bonchev–Trinajstić information content (AvgIpc) is 3.27. The zero-order chi connectivity index (χ0) is 18.4. The summed E-state index contributed by atoms with van der Waals surface area (Å²) in [6, 6.07) is 6.50. The molecule has 0 unspecified atom stereocenters. The zero-order valence-corrected chi connectivity index (χ0v) is 15.0. The first-order chi connectivity index (χ1) is 12.5. The summed E-state index contributed by atoms with van der Waals surface area (Å²) in [5.41, 5.74) is 1.47. The second kappa shape index (κ2) is 6.46. The quantitative estimate of drug-likeness (QED) is 0.715. The molecule has 4 rings (SSSR count). The van der Waals surface area contributed by atoms with Crippen LogP contribution in [0.5, 0.6) is 0 Å². The number of rotatable bonds is 3. The summed E-state index contributed by atoms with van der Waals surface area (Å²) in [6.45, 7) is 0.240. The van der Waals surface area contributed by atoms with Crippen molar-refractivity contribution in [2.45, 2.75) is 18.6 Å². The third-order valence-corrected chi connectivity index (χ3v) is 5.48. The minimum Gasteiger partial charge on any atom is -0.480 e. The van der Waals surface area contributed by atoms with Crippen molar-refractivity contribution in [3.8, 4) is 5.69 Å². The van der Waals surface area contributed by atoms with Crippen molar-refractivity contribution in [3.05, 3.63) is 53.0 Å². The average molecular weight is 392 g/mol. The molecule has 0 spiro atoms. The molecule has 26 heavy (non-hydrogen) atoms. The first kappa shape index (κ1) is 17.1.